The van der Waals surface area contributed by atoms with Crippen molar-refractivity contribution in [2.24, 2.45) is 0 Å². The molecule has 5 heteroatoms. The number of fused-ring (bicyclic) bond motifs is 2. The first kappa shape index (κ1) is 11.6. The summed E-state index contributed by atoms with van der Waals surface area (Å²) < 4.78 is 14.3. The molecule has 1 heterocycles. The predicted octanol–water partition coefficient (Wildman–Crippen LogP) is 4.44. The lowest BCUT2D eigenvalue weighted by molar-refractivity contribution is 0.594. The van der Waals surface area contributed by atoms with Gasteiger partial charge < -0.3 is 9.87 Å². The molecule has 0 spiro atoms. The van der Waals surface area contributed by atoms with Gasteiger partial charge in [-0.3, -0.25) is 0 Å². The highest BCUT2D eigenvalue weighted by atomic mass is 79.9. The molecule has 0 radical (unpaired) electrons. The standard InChI is InChI=1S/C12H7Br2NOS/c13-7-4-5-9-11(6-7)17(16)12-8(14)2-1-3-10(12)15-9/h1-6,15H. The minimum Gasteiger partial charge on any atom is -0.606 e. The van der Waals surface area contributed by atoms with Crippen molar-refractivity contribution in [2.75, 3.05) is 5.32 Å². The van der Waals surface area contributed by atoms with Gasteiger partial charge in [-0.2, -0.15) is 0 Å². The number of rotatable bonds is 0. The summed E-state index contributed by atoms with van der Waals surface area (Å²) in [5.74, 6) is 0. The van der Waals surface area contributed by atoms with Gasteiger partial charge in [-0.15, -0.1) is 0 Å². The molecule has 2 nitrogen and oxygen atoms in total. The molecule has 0 aliphatic carbocycles. The summed E-state index contributed by atoms with van der Waals surface area (Å²) in [6, 6.07) is 11.5. The summed E-state index contributed by atoms with van der Waals surface area (Å²) in [7, 11) is 0. The van der Waals surface area contributed by atoms with Crippen LogP contribution >= 0.6 is 31.9 Å². The maximum Gasteiger partial charge on any atom is 0.196 e. The topological polar surface area (TPSA) is 35.1 Å². The first-order valence-electron chi connectivity index (χ1n) is 4.93. The Morgan fingerprint density at radius 1 is 1.06 bits per heavy atom. The number of hydrogen-bond donors (Lipinski definition) is 1. The number of benzene rings is 2. The monoisotopic (exact) mass is 371 g/mol. The lowest BCUT2D eigenvalue weighted by Crippen LogP contribution is -2.14. The lowest BCUT2D eigenvalue weighted by Gasteiger charge is -2.23. The Bertz CT molecular complexity index is 603. The molecule has 2 aromatic carbocycles. The summed E-state index contributed by atoms with van der Waals surface area (Å²) in [5.41, 5.74) is 1.80. The molecule has 17 heavy (non-hydrogen) atoms. The fourth-order valence-corrected chi connectivity index (χ4v) is 4.46. The van der Waals surface area contributed by atoms with Crippen molar-refractivity contribution in [1.82, 2.24) is 0 Å². The van der Waals surface area contributed by atoms with Crippen LogP contribution in [-0.4, -0.2) is 4.55 Å². The second-order valence-electron chi connectivity index (χ2n) is 3.65. The molecule has 0 aromatic heterocycles. The smallest absolute Gasteiger partial charge is 0.196 e. The molecule has 1 N–H and O–H groups in total. The van der Waals surface area contributed by atoms with E-state index in [1.807, 2.05) is 36.4 Å². The zero-order valence-electron chi connectivity index (χ0n) is 8.54. The quantitative estimate of drug-likeness (QED) is 0.694. The van der Waals surface area contributed by atoms with Crippen LogP contribution in [-0.2, 0) is 11.2 Å². The second-order valence-corrected chi connectivity index (χ2v) is 6.81. The van der Waals surface area contributed by atoms with E-state index in [-0.39, 0.29) is 0 Å². The number of nitrogens with one attached hydrogen (secondary N) is 1. The largest absolute Gasteiger partial charge is 0.606 e. The SMILES string of the molecule is [O-][S+]1c2cc(Br)ccc2Nc2cccc(Br)c21. The number of anilines is 2. The van der Waals surface area contributed by atoms with Crippen LogP contribution in [0, 0.1) is 0 Å². The summed E-state index contributed by atoms with van der Waals surface area (Å²) in [6.45, 7) is 0. The maximum absolute atomic E-state index is 12.5. The van der Waals surface area contributed by atoms with Crippen LogP contribution in [0.2, 0.25) is 0 Å². The van der Waals surface area contributed by atoms with Gasteiger partial charge in [0.1, 0.15) is 0 Å². The highest BCUT2D eigenvalue weighted by molar-refractivity contribution is 9.10. The Balaban J connectivity index is 2.22. The predicted molar refractivity (Wildman–Crippen MR) is 76.2 cm³/mol. The summed E-state index contributed by atoms with van der Waals surface area (Å²) >= 11 is 5.70. The Kier molecular flexibility index (Phi) is 2.94. The Hall–Kier alpha value is -0.490. The van der Waals surface area contributed by atoms with Gasteiger partial charge in [0, 0.05) is 21.7 Å². The van der Waals surface area contributed by atoms with E-state index >= 15 is 0 Å². The van der Waals surface area contributed by atoms with Crippen LogP contribution in [0.4, 0.5) is 11.4 Å². The van der Waals surface area contributed by atoms with Crippen LogP contribution < -0.4 is 5.32 Å². The first-order chi connectivity index (χ1) is 8.16. The normalized spacial score (nSPS) is 17.0. The fourth-order valence-electron chi connectivity index (χ4n) is 1.80. The molecule has 0 fully saturated rings. The number of hydrogen-bond acceptors (Lipinski definition) is 2. The molecule has 2 aromatic rings. The Labute approximate surface area is 119 Å². The molecule has 1 aliphatic heterocycles. The third-order valence-electron chi connectivity index (χ3n) is 2.57. The van der Waals surface area contributed by atoms with E-state index in [4.69, 9.17) is 0 Å². The average molecular weight is 373 g/mol. The molecular formula is C12H7Br2NOS. The molecule has 1 unspecified atom stereocenters. The third kappa shape index (κ3) is 1.91. The molecule has 3 rings (SSSR count). The van der Waals surface area contributed by atoms with Crippen LogP contribution in [0.3, 0.4) is 0 Å². The van der Waals surface area contributed by atoms with E-state index in [0.29, 0.717) is 0 Å². The van der Waals surface area contributed by atoms with Gasteiger partial charge in [0.25, 0.3) is 0 Å². The number of halogens is 2. The summed E-state index contributed by atoms with van der Waals surface area (Å²) in [5, 5.41) is 3.30. The van der Waals surface area contributed by atoms with Gasteiger partial charge in [-0.05, 0) is 40.2 Å². The van der Waals surface area contributed by atoms with Crippen LogP contribution in [0.1, 0.15) is 0 Å². The summed E-state index contributed by atoms with van der Waals surface area (Å²) in [4.78, 5) is 1.61. The van der Waals surface area contributed by atoms with Crippen molar-refractivity contribution in [3.05, 3.63) is 45.3 Å². The molecular weight excluding hydrogens is 366 g/mol. The molecule has 0 saturated carbocycles. The maximum atomic E-state index is 12.5. The first-order valence-corrected chi connectivity index (χ1v) is 7.67. The molecule has 1 aliphatic rings. The van der Waals surface area contributed by atoms with Gasteiger partial charge in [-0.1, -0.05) is 22.0 Å². The Morgan fingerprint density at radius 3 is 2.71 bits per heavy atom. The van der Waals surface area contributed by atoms with Gasteiger partial charge in [-0.25, -0.2) is 0 Å². The van der Waals surface area contributed by atoms with Crippen molar-refractivity contribution in [2.45, 2.75) is 9.79 Å². The van der Waals surface area contributed by atoms with Gasteiger partial charge in [0.05, 0.1) is 15.8 Å². The van der Waals surface area contributed by atoms with Crippen LogP contribution in [0.15, 0.2) is 55.1 Å². The van der Waals surface area contributed by atoms with Crippen molar-refractivity contribution < 1.29 is 4.55 Å². The van der Waals surface area contributed by atoms with E-state index in [2.05, 4.69) is 37.2 Å². The molecule has 86 valence electrons. The minimum absolute atomic E-state index is 0.804. The second kappa shape index (κ2) is 4.31. The fraction of sp³-hybridized carbons (Fsp3) is 0. The van der Waals surface area contributed by atoms with Crippen molar-refractivity contribution in [1.29, 1.82) is 0 Å². The van der Waals surface area contributed by atoms with E-state index < -0.39 is 11.2 Å². The van der Waals surface area contributed by atoms with E-state index in [1.54, 1.807) is 0 Å². The minimum atomic E-state index is -1.15. The average Bonchev–Trinajstić information content (AvgIpc) is 2.30. The van der Waals surface area contributed by atoms with Crippen LogP contribution in [0.5, 0.6) is 0 Å². The summed E-state index contributed by atoms with van der Waals surface area (Å²) in [6.07, 6.45) is 0. The molecule has 0 amide bonds. The van der Waals surface area contributed by atoms with E-state index in [9.17, 15) is 4.55 Å². The molecule has 0 bridgehead atoms. The van der Waals surface area contributed by atoms with Crippen molar-refractivity contribution in [3.8, 4) is 0 Å². The lowest BCUT2D eigenvalue weighted by atomic mass is 10.2. The van der Waals surface area contributed by atoms with E-state index in [0.717, 1.165) is 30.1 Å². The highest BCUT2D eigenvalue weighted by Crippen LogP contribution is 2.43. The van der Waals surface area contributed by atoms with Crippen LogP contribution in [0.25, 0.3) is 0 Å². The van der Waals surface area contributed by atoms with E-state index in [1.165, 1.54) is 0 Å². The third-order valence-corrected chi connectivity index (χ3v) is 5.53. The Morgan fingerprint density at radius 2 is 1.88 bits per heavy atom. The van der Waals surface area contributed by atoms with Crippen molar-refractivity contribution in [3.63, 3.8) is 0 Å². The van der Waals surface area contributed by atoms with Gasteiger partial charge >= 0.3 is 0 Å². The zero-order valence-corrected chi connectivity index (χ0v) is 12.5. The molecule has 1 atom stereocenters. The molecule has 0 saturated heterocycles. The van der Waals surface area contributed by atoms with Gasteiger partial charge in [0.15, 0.2) is 9.79 Å². The highest BCUT2D eigenvalue weighted by Gasteiger charge is 2.30. The zero-order chi connectivity index (χ0) is 12.0. The van der Waals surface area contributed by atoms with Gasteiger partial charge in [0.2, 0.25) is 0 Å². The van der Waals surface area contributed by atoms with Crippen molar-refractivity contribution >= 4 is 54.4 Å².